The van der Waals surface area contributed by atoms with Crippen molar-refractivity contribution in [2.24, 2.45) is 4.99 Å². The molecule has 0 aromatic heterocycles. The number of ether oxygens (including phenoxy) is 1. The Kier molecular flexibility index (Phi) is 5.11. The average molecular weight is 369 g/mol. The first kappa shape index (κ1) is 16.1. The fourth-order valence-electron chi connectivity index (χ4n) is 1.86. The Hall–Kier alpha value is -1.27. The van der Waals surface area contributed by atoms with Gasteiger partial charge in [0.1, 0.15) is 5.75 Å². The van der Waals surface area contributed by atoms with Gasteiger partial charge in [-0.2, -0.15) is 0 Å². The summed E-state index contributed by atoms with van der Waals surface area (Å²) in [5.41, 5.74) is 0.944. The minimum absolute atomic E-state index is 0.0285. The fourth-order valence-corrected chi connectivity index (χ4v) is 3.27. The first-order valence-corrected chi connectivity index (χ1v) is 8.14. The van der Waals surface area contributed by atoms with Crippen LogP contribution in [0.2, 0.25) is 0 Å². The summed E-state index contributed by atoms with van der Waals surface area (Å²) in [7, 11) is 3.41. The molecule has 21 heavy (non-hydrogen) atoms. The molecule has 1 aliphatic rings. The minimum atomic E-state index is -0.0285. The van der Waals surface area contributed by atoms with Gasteiger partial charge in [-0.3, -0.25) is 14.7 Å². The third-order valence-electron chi connectivity index (χ3n) is 2.81. The predicted molar refractivity (Wildman–Crippen MR) is 91.6 cm³/mol. The molecule has 6 heteroatoms. The molecule has 112 valence electrons. The molecule has 1 aromatic carbocycles. The molecule has 0 saturated carbocycles. The zero-order valence-electron chi connectivity index (χ0n) is 12.4. The number of likely N-dealkylation sites (N-methyl/N-ethyl adjacent to an activating group) is 1. The number of amidine groups is 1. The summed E-state index contributed by atoms with van der Waals surface area (Å²) in [6.45, 7) is 3.97. The van der Waals surface area contributed by atoms with Gasteiger partial charge >= 0.3 is 0 Å². The van der Waals surface area contributed by atoms with Crippen molar-refractivity contribution in [1.29, 1.82) is 0 Å². The van der Waals surface area contributed by atoms with Crippen LogP contribution in [-0.4, -0.2) is 36.2 Å². The molecule has 4 nitrogen and oxygen atoms in total. The van der Waals surface area contributed by atoms with Crippen molar-refractivity contribution in [2.75, 3.05) is 14.1 Å². The van der Waals surface area contributed by atoms with Crippen molar-refractivity contribution in [3.05, 3.63) is 33.1 Å². The van der Waals surface area contributed by atoms with Gasteiger partial charge in [-0.1, -0.05) is 6.07 Å². The third-order valence-corrected chi connectivity index (χ3v) is 4.58. The van der Waals surface area contributed by atoms with E-state index in [1.54, 1.807) is 19.0 Å². The van der Waals surface area contributed by atoms with E-state index in [1.807, 2.05) is 38.1 Å². The van der Waals surface area contributed by atoms with Crippen LogP contribution < -0.4 is 4.74 Å². The number of hydrogen-bond acceptors (Lipinski definition) is 4. The number of aliphatic imine (C=N–C) groups is 1. The molecular weight excluding hydrogens is 352 g/mol. The summed E-state index contributed by atoms with van der Waals surface area (Å²) < 4.78 is 6.55. The summed E-state index contributed by atoms with van der Waals surface area (Å²) in [6.07, 6.45) is 1.99. The first-order valence-electron chi connectivity index (χ1n) is 6.53. The Bertz CT molecular complexity index is 626. The van der Waals surface area contributed by atoms with Crippen LogP contribution in [0, 0.1) is 0 Å². The third kappa shape index (κ3) is 3.68. The second-order valence-corrected chi connectivity index (χ2v) is 6.70. The molecule has 0 bridgehead atoms. The number of nitrogens with zero attached hydrogens (tertiary/aromatic N) is 2. The summed E-state index contributed by atoms with van der Waals surface area (Å²) in [4.78, 5) is 18.4. The largest absolute Gasteiger partial charge is 0.490 e. The molecule has 1 amide bonds. The van der Waals surface area contributed by atoms with E-state index in [0.29, 0.717) is 10.1 Å². The van der Waals surface area contributed by atoms with Crippen molar-refractivity contribution in [2.45, 2.75) is 20.0 Å². The highest BCUT2D eigenvalue weighted by molar-refractivity contribution is 9.10. The van der Waals surface area contributed by atoms with Crippen molar-refractivity contribution >= 4 is 44.8 Å². The van der Waals surface area contributed by atoms with Crippen LogP contribution in [0.1, 0.15) is 19.4 Å². The van der Waals surface area contributed by atoms with Gasteiger partial charge in [0.25, 0.3) is 5.91 Å². The van der Waals surface area contributed by atoms with Crippen LogP contribution in [0.25, 0.3) is 6.08 Å². The monoisotopic (exact) mass is 368 g/mol. The van der Waals surface area contributed by atoms with Crippen LogP contribution in [-0.2, 0) is 4.79 Å². The topological polar surface area (TPSA) is 41.9 Å². The number of halogens is 1. The van der Waals surface area contributed by atoms with E-state index < -0.39 is 0 Å². The van der Waals surface area contributed by atoms with Crippen molar-refractivity contribution < 1.29 is 9.53 Å². The van der Waals surface area contributed by atoms with Crippen molar-refractivity contribution in [1.82, 2.24) is 4.90 Å². The normalized spacial score (nSPS) is 19.1. The molecule has 1 fully saturated rings. The molecule has 1 heterocycles. The second-order valence-electron chi connectivity index (χ2n) is 4.84. The molecule has 0 atom stereocenters. The number of benzene rings is 1. The van der Waals surface area contributed by atoms with Crippen LogP contribution in [0.15, 0.2) is 32.6 Å². The molecule has 0 spiro atoms. The smallest absolute Gasteiger partial charge is 0.266 e. The highest BCUT2D eigenvalue weighted by Gasteiger charge is 2.29. The molecule has 2 rings (SSSR count). The van der Waals surface area contributed by atoms with E-state index in [1.165, 1.54) is 11.8 Å². The summed E-state index contributed by atoms with van der Waals surface area (Å²) in [5.74, 6) is 0.768. The molecule has 0 aliphatic carbocycles. The SMILES string of the molecule is CN=C1S/C(=C/c2ccc(OC(C)C)c(Br)c2)C(=O)N1C. The van der Waals surface area contributed by atoms with Gasteiger partial charge in [-0.25, -0.2) is 0 Å². The van der Waals surface area contributed by atoms with E-state index in [4.69, 9.17) is 4.74 Å². The molecule has 0 N–H and O–H groups in total. The van der Waals surface area contributed by atoms with Crippen LogP contribution in [0.3, 0.4) is 0 Å². The lowest BCUT2D eigenvalue weighted by atomic mass is 10.2. The zero-order valence-corrected chi connectivity index (χ0v) is 14.8. The molecule has 0 radical (unpaired) electrons. The quantitative estimate of drug-likeness (QED) is 0.762. The number of amides is 1. The fraction of sp³-hybridized carbons (Fsp3) is 0.333. The van der Waals surface area contributed by atoms with Crippen molar-refractivity contribution in [3.8, 4) is 5.75 Å². The van der Waals surface area contributed by atoms with Gasteiger partial charge in [-0.15, -0.1) is 0 Å². The Morgan fingerprint density at radius 3 is 2.67 bits per heavy atom. The average Bonchev–Trinajstić information content (AvgIpc) is 2.69. The molecule has 1 aromatic rings. The van der Waals surface area contributed by atoms with Crippen LogP contribution in [0.4, 0.5) is 0 Å². The Labute approximate surface area is 137 Å². The Morgan fingerprint density at radius 2 is 2.14 bits per heavy atom. The number of rotatable bonds is 3. The lowest BCUT2D eigenvalue weighted by Gasteiger charge is -2.11. The Balaban J connectivity index is 2.26. The maximum Gasteiger partial charge on any atom is 0.266 e. The molecule has 1 aliphatic heterocycles. The maximum atomic E-state index is 12.1. The highest BCUT2D eigenvalue weighted by Crippen LogP contribution is 2.33. The minimum Gasteiger partial charge on any atom is -0.490 e. The Morgan fingerprint density at radius 1 is 1.43 bits per heavy atom. The van der Waals surface area contributed by atoms with Gasteiger partial charge < -0.3 is 4.74 Å². The number of carbonyl (C=O) groups excluding carboxylic acids is 1. The highest BCUT2D eigenvalue weighted by atomic mass is 79.9. The van der Waals surface area contributed by atoms with Crippen molar-refractivity contribution in [3.63, 3.8) is 0 Å². The summed E-state index contributed by atoms with van der Waals surface area (Å²) in [6, 6.07) is 5.78. The maximum absolute atomic E-state index is 12.1. The number of thioether (sulfide) groups is 1. The molecule has 0 unspecified atom stereocenters. The van der Waals surface area contributed by atoms with Gasteiger partial charge in [0.05, 0.1) is 15.5 Å². The second kappa shape index (κ2) is 6.66. The lowest BCUT2D eigenvalue weighted by molar-refractivity contribution is -0.121. The predicted octanol–water partition coefficient (Wildman–Crippen LogP) is 3.77. The van der Waals surface area contributed by atoms with E-state index in [0.717, 1.165) is 15.8 Å². The van der Waals surface area contributed by atoms with E-state index in [2.05, 4.69) is 20.9 Å². The number of carbonyl (C=O) groups is 1. The van der Waals surface area contributed by atoms with E-state index >= 15 is 0 Å². The standard InChI is InChI=1S/C15H17BrN2O2S/c1-9(2)20-12-6-5-10(7-11(12)16)8-13-14(19)18(4)15(17-3)21-13/h5-9H,1-4H3/b13-8+,17-15?. The van der Waals surface area contributed by atoms with Crippen LogP contribution >= 0.6 is 27.7 Å². The summed E-state index contributed by atoms with van der Waals surface area (Å²) in [5, 5.41) is 0.713. The summed E-state index contributed by atoms with van der Waals surface area (Å²) >= 11 is 4.88. The van der Waals surface area contributed by atoms with E-state index in [-0.39, 0.29) is 12.0 Å². The van der Waals surface area contributed by atoms with Crippen LogP contribution in [0.5, 0.6) is 5.75 Å². The molecule has 1 saturated heterocycles. The first-order chi connectivity index (χ1) is 9.92. The van der Waals surface area contributed by atoms with E-state index in [9.17, 15) is 4.79 Å². The van der Waals surface area contributed by atoms with Gasteiger partial charge in [0.2, 0.25) is 0 Å². The van der Waals surface area contributed by atoms with Gasteiger partial charge in [-0.05, 0) is 65.3 Å². The molecular formula is C15H17BrN2O2S. The lowest BCUT2D eigenvalue weighted by Crippen LogP contribution is -2.23. The van der Waals surface area contributed by atoms with Gasteiger partial charge in [0, 0.05) is 14.1 Å². The number of hydrogen-bond donors (Lipinski definition) is 0. The zero-order chi connectivity index (χ0) is 15.6. The van der Waals surface area contributed by atoms with Gasteiger partial charge in [0.15, 0.2) is 5.17 Å².